The highest BCUT2D eigenvalue weighted by Crippen LogP contribution is 2.30. The first-order chi connectivity index (χ1) is 16.4. The van der Waals surface area contributed by atoms with Crippen LogP contribution in [0.5, 0.6) is 0 Å². The smallest absolute Gasteiger partial charge is 0.327 e. The summed E-state index contributed by atoms with van der Waals surface area (Å²) in [6.45, 7) is 1.50. The van der Waals surface area contributed by atoms with Crippen molar-refractivity contribution >= 4 is 29.2 Å². The molecule has 1 amide bonds. The second-order valence-electron chi connectivity index (χ2n) is 7.71. The topological polar surface area (TPSA) is 111 Å². The highest BCUT2D eigenvalue weighted by Gasteiger charge is 2.34. The van der Waals surface area contributed by atoms with Gasteiger partial charge in [0.2, 0.25) is 0 Å². The second-order valence-corrected chi connectivity index (χ2v) is 8.11. The lowest BCUT2D eigenvalue weighted by Gasteiger charge is -2.38. The predicted octanol–water partition coefficient (Wildman–Crippen LogP) is 3.11. The molecule has 1 aliphatic rings. The molecule has 1 aromatic heterocycles. The number of halogens is 1. The van der Waals surface area contributed by atoms with Crippen molar-refractivity contribution < 1.29 is 19.2 Å². The molecule has 34 heavy (non-hydrogen) atoms. The van der Waals surface area contributed by atoms with Gasteiger partial charge in [0.15, 0.2) is 0 Å². The van der Waals surface area contributed by atoms with E-state index >= 15 is 0 Å². The zero-order valence-electron chi connectivity index (χ0n) is 18.3. The van der Waals surface area contributed by atoms with Crippen LogP contribution >= 0.6 is 11.6 Å². The van der Waals surface area contributed by atoms with Crippen molar-refractivity contribution in [2.24, 2.45) is 0 Å². The predicted molar refractivity (Wildman–Crippen MR) is 124 cm³/mol. The Morgan fingerprint density at radius 2 is 1.88 bits per heavy atom. The van der Waals surface area contributed by atoms with Crippen molar-refractivity contribution in [3.63, 3.8) is 0 Å². The number of piperazine rings is 1. The van der Waals surface area contributed by atoms with Crippen molar-refractivity contribution in [2.45, 2.75) is 6.04 Å². The number of hydrogen-bond acceptors (Lipinski definition) is 7. The normalized spacial score (nSPS) is 15.1. The lowest BCUT2D eigenvalue weighted by molar-refractivity contribution is -0.384. The summed E-state index contributed by atoms with van der Waals surface area (Å²) in [5, 5.41) is 12.1. The van der Waals surface area contributed by atoms with Crippen LogP contribution in [-0.2, 0) is 9.53 Å². The van der Waals surface area contributed by atoms with Gasteiger partial charge in [0.1, 0.15) is 11.7 Å². The van der Waals surface area contributed by atoms with Crippen molar-refractivity contribution in [2.75, 3.05) is 33.3 Å². The molecule has 0 radical (unpaired) electrons. The van der Waals surface area contributed by atoms with Gasteiger partial charge in [-0.15, -0.1) is 0 Å². The lowest BCUT2D eigenvalue weighted by Crippen LogP contribution is -2.51. The minimum atomic E-state index is -0.688. The van der Waals surface area contributed by atoms with Gasteiger partial charge >= 0.3 is 5.97 Å². The Kier molecular flexibility index (Phi) is 6.90. The number of rotatable bonds is 6. The first kappa shape index (κ1) is 23.4. The van der Waals surface area contributed by atoms with E-state index in [0.29, 0.717) is 42.5 Å². The summed E-state index contributed by atoms with van der Waals surface area (Å²) >= 11 is 6.33. The summed E-state index contributed by atoms with van der Waals surface area (Å²) in [6, 6.07) is 10.8. The molecule has 0 saturated carbocycles. The minimum Gasteiger partial charge on any atom is -0.468 e. The molecule has 10 nitrogen and oxygen atoms in total. The second kappa shape index (κ2) is 10.0. The number of nitro groups is 1. The molecule has 1 saturated heterocycles. The van der Waals surface area contributed by atoms with E-state index in [1.54, 1.807) is 41.4 Å². The van der Waals surface area contributed by atoms with Crippen molar-refractivity contribution in [3.8, 4) is 5.69 Å². The van der Waals surface area contributed by atoms with Crippen LogP contribution in [-0.4, -0.2) is 69.4 Å². The van der Waals surface area contributed by atoms with E-state index in [9.17, 15) is 19.7 Å². The molecule has 1 fully saturated rings. The summed E-state index contributed by atoms with van der Waals surface area (Å²) < 4.78 is 6.53. The summed E-state index contributed by atoms with van der Waals surface area (Å²) in [4.78, 5) is 44.2. The fourth-order valence-corrected chi connectivity index (χ4v) is 4.31. The molecule has 0 bridgehead atoms. The van der Waals surface area contributed by atoms with E-state index in [4.69, 9.17) is 16.3 Å². The highest BCUT2D eigenvalue weighted by atomic mass is 35.5. The molecular formula is C23H22ClN5O5. The molecule has 1 unspecified atom stereocenters. The number of ether oxygens (including phenoxy) is 1. The van der Waals surface area contributed by atoms with Crippen LogP contribution in [0.4, 0.5) is 5.69 Å². The number of imidazole rings is 1. The number of hydrogen-bond donors (Lipinski definition) is 0. The van der Waals surface area contributed by atoms with E-state index in [0.717, 1.165) is 0 Å². The van der Waals surface area contributed by atoms with Gasteiger partial charge in [-0.05, 0) is 23.8 Å². The number of aromatic nitrogens is 2. The zero-order valence-corrected chi connectivity index (χ0v) is 19.1. The average molecular weight is 484 g/mol. The molecule has 3 aromatic rings. The van der Waals surface area contributed by atoms with Crippen LogP contribution in [0.25, 0.3) is 5.69 Å². The maximum atomic E-state index is 13.1. The number of esters is 1. The van der Waals surface area contributed by atoms with Crippen LogP contribution in [0.2, 0.25) is 5.02 Å². The first-order valence-corrected chi connectivity index (χ1v) is 10.9. The van der Waals surface area contributed by atoms with Crippen LogP contribution in [0.1, 0.15) is 22.0 Å². The third kappa shape index (κ3) is 4.63. The zero-order chi connectivity index (χ0) is 24.2. The maximum Gasteiger partial charge on any atom is 0.327 e. The molecule has 0 spiro atoms. The molecule has 4 rings (SSSR count). The largest absolute Gasteiger partial charge is 0.468 e. The number of benzene rings is 2. The molecule has 1 aliphatic heterocycles. The number of amides is 1. The summed E-state index contributed by atoms with van der Waals surface area (Å²) in [6.07, 6.45) is 4.58. The van der Waals surface area contributed by atoms with Gasteiger partial charge in [0.05, 0.1) is 18.4 Å². The van der Waals surface area contributed by atoms with Gasteiger partial charge in [0, 0.05) is 55.2 Å². The standard InChI is InChI=1S/C23H22ClN5O5/c1-34-23(31)21(17-4-2-3-5-18(17)24)26-10-12-27(13-11-26)22(30)16-6-7-19(20(14-16)29(32)33)28-9-8-25-15-28/h2-9,14-15,21H,10-13H2,1H3. The van der Waals surface area contributed by atoms with Gasteiger partial charge in [-0.1, -0.05) is 29.8 Å². The van der Waals surface area contributed by atoms with Crippen LogP contribution < -0.4 is 0 Å². The molecule has 1 atom stereocenters. The Morgan fingerprint density at radius 1 is 1.15 bits per heavy atom. The SMILES string of the molecule is COC(=O)C(c1ccccc1Cl)N1CCN(C(=O)c2ccc(-n3ccnc3)c([N+](=O)[O-])c2)CC1. The maximum absolute atomic E-state index is 13.1. The Bertz CT molecular complexity index is 1210. The third-order valence-corrected chi connectivity index (χ3v) is 6.14. The fraction of sp³-hybridized carbons (Fsp3) is 0.261. The summed E-state index contributed by atoms with van der Waals surface area (Å²) in [5.74, 6) is -0.745. The molecule has 2 heterocycles. The van der Waals surface area contributed by atoms with Gasteiger partial charge in [-0.2, -0.15) is 0 Å². The van der Waals surface area contributed by atoms with Crippen LogP contribution in [0.3, 0.4) is 0 Å². The van der Waals surface area contributed by atoms with Crippen LogP contribution in [0, 0.1) is 10.1 Å². The monoisotopic (exact) mass is 483 g/mol. The third-order valence-electron chi connectivity index (χ3n) is 5.79. The number of nitrogens with zero attached hydrogens (tertiary/aromatic N) is 5. The van der Waals surface area contributed by atoms with E-state index in [2.05, 4.69) is 4.98 Å². The lowest BCUT2D eigenvalue weighted by atomic mass is 10.0. The van der Waals surface area contributed by atoms with Gasteiger partial charge < -0.3 is 14.2 Å². The molecular weight excluding hydrogens is 462 g/mol. The van der Waals surface area contributed by atoms with Crippen molar-refractivity contribution in [3.05, 3.63) is 87.4 Å². The highest BCUT2D eigenvalue weighted by molar-refractivity contribution is 6.31. The Morgan fingerprint density at radius 3 is 2.50 bits per heavy atom. The van der Waals surface area contributed by atoms with Gasteiger partial charge in [-0.25, -0.2) is 9.78 Å². The van der Waals surface area contributed by atoms with Crippen molar-refractivity contribution in [1.29, 1.82) is 0 Å². The molecule has 176 valence electrons. The summed E-state index contributed by atoms with van der Waals surface area (Å²) in [7, 11) is 1.33. The Balaban J connectivity index is 1.51. The number of nitro benzene ring substituents is 1. The van der Waals surface area contributed by atoms with Gasteiger partial charge in [0.25, 0.3) is 11.6 Å². The minimum absolute atomic E-state index is 0.188. The van der Waals surface area contributed by atoms with E-state index in [1.165, 1.54) is 36.3 Å². The Hall–Kier alpha value is -3.76. The molecule has 2 aromatic carbocycles. The number of carbonyl (C=O) groups is 2. The fourth-order valence-electron chi connectivity index (χ4n) is 4.07. The molecule has 11 heteroatoms. The Labute approximate surface area is 200 Å². The van der Waals surface area contributed by atoms with E-state index in [1.807, 2.05) is 4.90 Å². The van der Waals surface area contributed by atoms with Crippen LogP contribution in [0.15, 0.2) is 61.2 Å². The average Bonchev–Trinajstić information content (AvgIpc) is 3.39. The first-order valence-electron chi connectivity index (χ1n) is 10.5. The van der Waals surface area contributed by atoms with E-state index < -0.39 is 16.9 Å². The quantitative estimate of drug-likeness (QED) is 0.301. The molecule has 0 N–H and O–H groups in total. The summed E-state index contributed by atoms with van der Waals surface area (Å²) in [5.41, 5.74) is 0.998. The van der Waals surface area contributed by atoms with Crippen molar-refractivity contribution in [1.82, 2.24) is 19.4 Å². The number of carbonyl (C=O) groups excluding carboxylic acids is 2. The van der Waals surface area contributed by atoms with Gasteiger partial charge in [-0.3, -0.25) is 19.8 Å². The number of methoxy groups -OCH3 is 1. The van der Waals surface area contributed by atoms with E-state index in [-0.39, 0.29) is 17.2 Å². The molecule has 0 aliphatic carbocycles.